The number of aromatic hydroxyl groups is 1. The summed E-state index contributed by atoms with van der Waals surface area (Å²) >= 11 is 6.79. The lowest BCUT2D eigenvalue weighted by Crippen LogP contribution is -2.60. The fourth-order valence-electron chi connectivity index (χ4n) is 6.30. The Balaban J connectivity index is 1.81. The van der Waals surface area contributed by atoms with E-state index in [1.165, 1.54) is 4.90 Å². The number of pyridine rings is 2. The highest BCUT2D eigenvalue weighted by molar-refractivity contribution is 7.91. The molecule has 6 rings (SSSR count). The number of aryl methyl sites for hydroxylation is 1. The van der Waals surface area contributed by atoms with E-state index in [2.05, 4.69) is 21.5 Å². The largest absolute Gasteiger partial charge is 0.507 e. The van der Waals surface area contributed by atoms with Gasteiger partial charge in [-0.25, -0.2) is 31.5 Å². The molecule has 5 heterocycles. The molecule has 1 fully saturated rings. The van der Waals surface area contributed by atoms with E-state index in [1.807, 2.05) is 13.8 Å². The number of aromatic nitrogens is 4. The van der Waals surface area contributed by atoms with E-state index in [4.69, 9.17) is 11.6 Å². The van der Waals surface area contributed by atoms with Crippen molar-refractivity contribution >= 4 is 44.2 Å². The Hall–Kier alpha value is -4.43. The highest BCUT2D eigenvalue weighted by atomic mass is 35.5. The quantitative estimate of drug-likeness (QED) is 0.315. The number of hydrogen-bond donors (Lipinski definition) is 1. The van der Waals surface area contributed by atoms with Crippen molar-refractivity contribution in [2.45, 2.75) is 50.6 Å². The number of fused-ring (bicyclic) bond motifs is 2. The monoisotopic (exact) mass is 670 g/mol. The van der Waals surface area contributed by atoms with Crippen molar-refractivity contribution in [2.75, 3.05) is 23.7 Å². The number of benzene rings is 1. The third-order valence-electron chi connectivity index (χ3n) is 8.43. The average Bonchev–Trinajstić information content (AvgIpc) is 3.08. The smallest absolute Gasteiger partial charge is 0.355 e. The molecule has 4 aromatic rings. The molecule has 0 bridgehead atoms. The second kappa shape index (κ2) is 11.1. The number of phenolic OH excluding ortho intramolecular Hbond substituents is 1. The summed E-state index contributed by atoms with van der Waals surface area (Å²) in [4.78, 5) is 42.9. The maximum Gasteiger partial charge on any atom is 0.355 e. The zero-order valence-electron chi connectivity index (χ0n) is 25.3. The average molecular weight is 671 g/mol. The first kappa shape index (κ1) is 31.5. The van der Waals surface area contributed by atoms with E-state index < -0.39 is 77.8 Å². The van der Waals surface area contributed by atoms with Gasteiger partial charge in [-0.1, -0.05) is 32.0 Å². The number of rotatable bonds is 4. The predicted octanol–water partition coefficient (Wildman–Crippen LogP) is 4.29. The van der Waals surface area contributed by atoms with Gasteiger partial charge < -0.3 is 14.9 Å². The molecule has 1 saturated heterocycles. The third kappa shape index (κ3) is 4.73. The van der Waals surface area contributed by atoms with Crippen LogP contribution in [0.15, 0.2) is 46.7 Å². The van der Waals surface area contributed by atoms with Gasteiger partial charge in [-0.15, -0.1) is 0 Å². The number of sulfone groups is 1. The van der Waals surface area contributed by atoms with E-state index in [-0.39, 0.29) is 41.5 Å². The first-order valence-corrected chi connectivity index (χ1v) is 16.4. The van der Waals surface area contributed by atoms with Crippen molar-refractivity contribution in [1.29, 1.82) is 0 Å². The molecule has 2 aliphatic heterocycles. The molecule has 46 heavy (non-hydrogen) atoms. The zero-order chi connectivity index (χ0) is 33.4. The number of hydrogen-bond acceptors (Lipinski definition) is 9. The minimum atomic E-state index is -4.42. The molecule has 2 atom stereocenters. The Morgan fingerprint density at radius 3 is 2.59 bits per heavy atom. The van der Waals surface area contributed by atoms with Crippen molar-refractivity contribution in [3.63, 3.8) is 0 Å². The highest BCUT2D eigenvalue weighted by Crippen LogP contribution is 2.46. The Labute approximate surface area is 267 Å². The van der Waals surface area contributed by atoms with Gasteiger partial charge in [0.2, 0.25) is 5.91 Å². The van der Waals surface area contributed by atoms with Crippen LogP contribution in [0.1, 0.15) is 37.9 Å². The maximum absolute atomic E-state index is 15.4. The summed E-state index contributed by atoms with van der Waals surface area (Å²) in [6, 6.07) is 1.96. The van der Waals surface area contributed by atoms with Gasteiger partial charge in [0.25, 0.3) is 0 Å². The van der Waals surface area contributed by atoms with Gasteiger partial charge in [0.15, 0.2) is 27.1 Å². The highest BCUT2D eigenvalue weighted by Gasteiger charge is 2.44. The van der Waals surface area contributed by atoms with Crippen LogP contribution in [0.25, 0.3) is 28.0 Å². The summed E-state index contributed by atoms with van der Waals surface area (Å²) in [6.45, 7) is 10.8. The summed E-state index contributed by atoms with van der Waals surface area (Å²) in [7, 11) is -4.42. The molecule has 0 aliphatic carbocycles. The van der Waals surface area contributed by atoms with Gasteiger partial charge in [-0.2, -0.15) is 4.98 Å². The van der Waals surface area contributed by atoms with Crippen molar-refractivity contribution in [1.82, 2.24) is 24.4 Å². The van der Waals surface area contributed by atoms with E-state index in [1.54, 1.807) is 31.0 Å². The standard InChI is InChI=1S/C31H29ClF2N6O5S/c1-6-20(42)38-12-17-13-46(44,45)28-22-29(39(17)11-16(38)5)37-31(43)40(27-15(4)9-10-35-25(27)14(2)3)30(22)36-26(23(28)32)21-19(41)8-7-18(33)24(21)34/h6-10,14,16-17,41H,1,11-13H2,2-5H3. The van der Waals surface area contributed by atoms with Crippen molar-refractivity contribution in [3.05, 3.63) is 75.4 Å². The number of piperazine rings is 1. The topological polar surface area (TPSA) is 139 Å². The molecule has 15 heteroatoms. The van der Waals surface area contributed by atoms with Crippen LogP contribution in [-0.2, 0) is 14.6 Å². The van der Waals surface area contributed by atoms with E-state index >= 15 is 4.39 Å². The van der Waals surface area contributed by atoms with Crippen LogP contribution in [0.5, 0.6) is 5.75 Å². The molecule has 0 saturated carbocycles. The molecule has 3 aromatic heterocycles. The molecule has 1 N–H and O–H groups in total. The summed E-state index contributed by atoms with van der Waals surface area (Å²) in [5.74, 6) is -4.81. The molecule has 1 amide bonds. The number of carbonyl (C=O) groups excluding carboxylic acids is 1. The van der Waals surface area contributed by atoms with Crippen LogP contribution in [0, 0.1) is 18.6 Å². The Morgan fingerprint density at radius 2 is 1.91 bits per heavy atom. The number of carbonyl (C=O) groups is 1. The fourth-order valence-corrected chi connectivity index (χ4v) is 8.70. The van der Waals surface area contributed by atoms with Crippen molar-refractivity contribution < 1.29 is 27.1 Å². The minimum Gasteiger partial charge on any atom is -0.507 e. The van der Waals surface area contributed by atoms with E-state index in [9.17, 15) is 27.5 Å². The number of amides is 1. The molecule has 2 unspecified atom stereocenters. The normalized spacial score (nSPS) is 18.9. The van der Waals surface area contributed by atoms with Gasteiger partial charge >= 0.3 is 5.69 Å². The second-order valence-electron chi connectivity index (χ2n) is 11.8. The maximum atomic E-state index is 15.4. The van der Waals surface area contributed by atoms with E-state index in [0.29, 0.717) is 17.3 Å². The third-order valence-corrected chi connectivity index (χ3v) is 10.8. The lowest BCUT2D eigenvalue weighted by molar-refractivity contribution is -0.128. The van der Waals surface area contributed by atoms with E-state index in [0.717, 1.165) is 16.7 Å². The van der Waals surface area contributed by atoms with Crippen LogP contribution >= 0.6 is 11.6 Å². The molecular formula is C31H29ClF2N6O5S. The molecule has 0 spiro atoms. The molecular weight excluding hydrogens is 642 g/mol. The first-order valence-electron chi connectivity index (χ1n) is 14.4. The Bertz CT molecular complexity index is 2160. The minimum absolute atomic E-state index is 0.0348. The zero-order valence-corrected chi connectivity index (χ0v) is 26.8. The van der Waals surface area contributed by atoms with Gasteiger partial charge in [0.1, 0.15) is 16.5 Å². The molecule has 1 aromatic carbocycles. The van der Waals surface area contributed by atoms with Gasteiger partial charge in [-0.05, 0) is 49.6 Å². The van der Waals surface area contributed by atoms with Crippen LogP contribution < -0.4 is 10.6 Å². The molecule has 0 radical (unpaired) electrons. The summed E-state index contributed by atoms with van der Waals surface area (Å²) in [5, 5.41) is 9.99. The van der Waals surface area contributed by atoms with Crippen LogP contribution in [0.2, 0.25) is 5.02 Å². The predicted molar refractivity (Wildman–Crippen MR) is 168 cm³/mol. The number of nitrogens with zero attached hydrogens (tertiary/aromatic N) is 6. The summed E-state index contributed by atoms with van der Waals surface area (Å²) in [6.07, 6.45) is 2.71. The number of halogens is 3. The fraction of sp³-hybridized carbons (Fsp3) is 0.323. The Morgan fingerprint density at radius 1 is 1.20 bits per heavy atom. The first-order chi connectivity index (χ1) is 21.7. The SMILES string of the molecule is C=CC(=O)N1CC2CS(=O)(=O)c3c(Cl)c(-c4c(O)ccc(F)c4F)nc4c3c(nc(=O)n4-c3c(C)ccnc3C(C)C)N2CC1C. The lowest BCUT2D eigenvalue weighted by atomic mass is 10.0. The van der Waals surface area contributed by atoms with Crippen LogP contribution in [0.4, 0.5) is 14.6 Å². The molecule has 240 valence electrons. The summed E-state index contributed by atoms with van der Waals surface area (Å²) < 4.78 is 59.7. The van der Waals surface area contributed by atoms with Crippen molar-refractivity contribution in [2.24, 2.45) is 0 Å². The van der Waals surface area contributed by atoms with Gasteiger partial charge in [0, 0.05) is 25.3 Å². The summed E-state index contributed by atoms with van der Waals surface area (Å²) in [5.41, 5.74) is -1.13. The van der Waals surface area contributed by atoms with Crippen molar-refractivity contribution in [3.8, 4) is 22.7 Å². The lowest BCUT2D eigenvalue weighted by Gasteiger charge is -2.44. The molecule has 2 aliphatic rings. The Kier molecular flexibility index (Phi) is 7.63. The van der Waals surface area contributed by atoms with Gasteiger partial charge in [-0.3, -0.25) is 9.78 Å². The number of anilines is 1. The second-order valence-corrected chi connectivity index (χ2v) is 14.1. The van der Waals surface area contributed by atoms with Crippen LogP contribution in [0.3, 0.4) is 0 Å². The van der Waals surface area contributed by atoms with Gasteiger partial charge in [0.05, 0.1) is 44.8 Å². The number of phenols is 1. The molecule has 11 nitrogen and oxygen atoms in total. The van der Waals surface area contributed by atoms with Crippen LogP contribution in [-0.4, -0.2) is 74.8 Å².